The van der Waals surface area contributed by atoms with Gasteiger partial charge in [0.05, 0.1) is 51.2 Å². The first-order valence-corrected chi connectivity index (χ1v) is 12.9. The number of carboxylic acid groups (broad SMARTS) is 1. The molecular formula is C26H31N3O8S. The lowest BCUT2D eigenvalue weighted by atomic mass is 9.79. The smallest absolute Gasteiger partial charge is 0.332 e. The Morgan fingerprint density at radius 3 is 2.18 bits per heavy atom. The van der Waals surface area contributed by atoms with E-state index in [0.29, 0.717) is 34.1 Å². The second kappa shape index (κ2) is 11.5. The van der Waals surface area contributed by atoms with Crippen LogP contribution in [0.4, 0.5) is 0 Å². The lowest BCUT2D eigenvalue weighted by Crippen LogP contribution is -2.48. The number of ether oxygens (including phenoxy) is 4. The first-order valence-electron chi connectivity index (χ1n) is 11.3. The summed E-state index contributed by atoms with van der Waals surface area (Å²) in [5, 5.41) is 9.93. The lowest BCUT2D eigenvalue weighted by Gasteiger charge is -2.32. The van der Waals surface area contributed by atoms with E-state index >= 15 is 0 Å². The molecule has 2 unspecified atom stereocenters. The highest BCUT2D eigenvalue weighted by Gasteiger charge is 2.38. The van der Waals surface area contributed by atoms with E-state index < -0.39 is 33.2 Å². The fourth-order valence-corrected chi connectivity index (χ4v) is 5.48. The van der Waals surface area contributed by atoms with E-state index in [0.717, 1.165) is 0 Å². The molecule has 1 aliphatic carbocycles. The van der Waals surface area contributed by atoms with Gasteiger partial charge in [0.25, 0.3) is 0 Å². The van der Waals surface area contributed by atoms with Gasteiger partial charge in [-0.15, -0.1) is 0 Å². The number of sulfonamides is 1. The molecule has 6 N–H and O–H groups in total. The SMILES string of the molecule is COc1cc(OC)c(/C=C/NS(=O)(=O)CC2(N)C=C(N)C(c3ccccc3OC)C(C(=O)O)=C2)c(OC)c1. The minimum Gasteiger partial charge on any atom is -0.496 e. The first kappa shape index (κ1) is 28.4. The number of carbonyl (C=O) groups is 1. The van der Waals surface area contributed by atoms with Crippen molar-refractivity contribution >= 4 is 22.1 Å². The molecule has 2 aromatic carbocycles. The molecule has 2 aromatic rings. The number of para-hydroxylation sites is 1. The molecule has 0 aromatic heterocycles. The number of allylic oxidation sites excluding steroid dienone is 1. The summed E-state index contributed by atoms with van der Waals surface area (Å²) >= 11 is 0. The Bertz CT molecular complexity index is 1380. The van der Waals surface area contributed by atoms with Crippen molar-refractivity contribution in [2.75, 3.05) is 34.2 Å². The Morgan fingerprint density at radius 2 is 1.63 bits per heavy atom. The monoisotopic (exact) mass is 545 g/mol. The van der Waals surface area contributed by atoms with Crippen molar-refractivity contribution in [3.05, 3.63) is 77.1 Å². The number of methoxy groups -OCH3 is 4. The topological polar surface area (TPSA) is 172 Å². The largest absolute Gasteiger partial charge is 0.496 e. The number of rotatable bonds is 11. The summed E-state index contributed by atoms with van der Waals surface area (Å²) < 4.78 is 49.5. The van der Waals surface area contributed by atoms with Crippen LogP contribution in [-0.4, -0.2) is 59.2 Å². The quantitative estimate of drug-likeness (QED) is 0.327. The minimum atomic E-state index is -4.06. The van der Waals surface area contributed by atoms with Gasteiger partial charge in [-0.05, 0) is 24.3 Å². The van der Waals surface area contributed by atoms with Crippen LogP contribution in [0.15, 0.2) is 66.0 Å². The van der Waals surface area contributed by atoms with Gasteiger partial charge in [-0.3, -0.25) is 4.72 Å². The van der Waals surface area contributed by atoms with Crippen LogP contribution in [0.5, 0.6) is 23.0 Å². The average Bonchev–Trinajstić information content (AvgIpc) is 2.87. The zero-order valence-corrected chi connectivity index (χ0v) is 22.2. The van der Waals surface area contributed by atoms with Gasteiger partial charge in [-0.1, -0.05) is 18.2 Å². The highest BCUT2D eigenvalue weighted by Crippen LogP contribution is 2.40. The van der Waals surface area contributed by atoms with Crippen molar-refractivity contribution in [2.45, 2.75) is 11.5 Å². The third-order valence-corrected chi connectivity index (χ3v) is 7.27. The van der Waals surface area contributed by atoms with E-state index in [9.17, 15) is 18.3 Å². The molecule has 0 spiro atoms. The van der Waals surface area contributed by atoms with Gasteiger partial charge >= 0.3 is 5.97 Å². The predicted octanol–water partition coefficient (Wildman–Crippen LogP) is 1.96. The van der Waals surface area contributed by atoms with Gasteiger partial charge < -0.3 is 35.5 Å². The number of hydrogen-bond donors (Lipinski definition) is 4. The second-order valence-corrected chi connectivity index (χ2v) is 10.2. The Morgan fingerprint density at radius 1 is 1.03 bits per heavy atom. The molecule has 0 heterocycles. The summed E-state index contributed by atoms with van der Waals surface area (Å²) in [4.78, 5) is 12.2. The second-order valence-electron chi connectivity index (χ2n) is 8.49. The summed E-state index contributed by atoms with van der Waals surface area (Å²) in [7, 11) is 1.81. The third-order valence-electron chi connectivity index (χ3n) is 5.89. The van der Waals surface area contributed by atoms with Gasteiger partial charge in [0.15, 0.2) is 0 Å². The zero-order valence-electron chi connectivity index (χ0n) is 21.4. The highest BCUT2D eigenvalue weighted by molar-refractivity contribution is 7.89. The Kier molecular flexibility index (Phi) is 8.59. The van der Waals surface area contributed by atoms with E-state index in [2.05, 4.69) is 4.72 Å². The van der Waals surface area contributed by atoms with E-state index in [4.69, 9.17) is 30.4 Å². The van der Waals surface area contributed by atoms with Crippen molar-refractivity contribution in [1.82, 2.24) is 4.72 Å². The molecule has 0 saturated heterocycles. The van der Waals surface area contributed by atoms with E-state index in [-0.39, 0.29) is 11.3 Å². The standard InChI is InChI=1S/C26H31N3O8S/c1-34-16-11-22(36-3)17(23(12-16)37-4)9-10-29-38(32,33)15-26(28)13-19(25(30)31)24(20(27)14-26)18-7-5-6-8-21(18)35-2/h5-14,24,29H,15,27-28H2,1-4H3,(H,30,31)/b10-9+. The first-order chi connectivity index (χ1) is 18.0. The zero-order chi connectivity index (χ0) is 28.1. The van der Waals surface area contributed by atoms with Gasteiger partial charge in [-0.2, -0.15) is 0 Å². The van der Waals surface area contributed by atoms with Crippen molar-refractivity contribution in [2.24, 2.45) is 11.5 Å². The van der Waals surface area contributed by atoms with Gasteiger partial charge in [0, 0.05) is 35.2 Å². The molecule has 3 rings (SSSR count). The normalized spacial score (nSPS) is 19.3. The van der Waals surface area contributed by atoms with Crippen molar-refractivity contribution < 1.29 is 37.3 Å². The van der Waals surface area contributed by atoms with E-state index in [1.807, 2.05) is 0 Å². The summed E-state index contributed by atoms with van der Waals surface area (Å²) in [6.45, 7) is 0. The molecule has 38 heavy (non-hydrogen) atoms. The fraction of sp³-hybridized carbons (Fsp3) is 0.269. The van der Waals surface area contributed by atoms with Crippen LogP contribution in [0, 0.1) is 0 Å². The van der Waals surface area contributed by atoms with Crippen molar-refractivity contribution in [3.63, 3.8) is 0 Å². The molecule has 0 amide bonds. The summed E-state index contributed by atoms with van der Waals surface area (Å²) in [6, 6.07) is 10.1. The van der Waals surface area contributed by atoms with Crippen LogP contribution in [0.3, 0.4) is 0 Å². The van der Waals surface area contributed by atoms with Gasteiger partial charge in [-0.25, -0.2) is 13.2 Å². The molecule has 1 aliphatic rings. The predicted molar refractivity (Wildman–Crippen MR) is 143 cm³/mol. The summed E-state index contributed by atoms with van der Waals surface area (Å²) in [5.41, 5.74) is 11.9. The third kappa shape index (κ3) is 6.21. The molecule has 0 saturated carbocycles. The number of aliphatic carboxylic acids is 1. The molecule has 0 radical (unpaired) electrons. The molecule has 204 valence electrons. The van der Waals surface area contributed by atoms with Crippen molar-refractivity contribution in [1.29, 1.82) is 0 Å². The number of hydrogen-bond acceptors (Lipinski definition) is 9. The average molecular weight is 546 g/mol. The van der Waals surface area contributed by atoms with E-state index in [1.165, 1.54) is 52.9 Å². The summed E-state index contributed by atoms with van der Waals surface area (Å²) in [6.07, 6.45) is 5.22. The highest BCUT2D eigenvalue weighted by atomic mass is 32.2. The van der Waals surface area contributed by atoms with Crippen LogP contribution in [0.2, 0.25) is 0 Å². The lowest BCUT2D eigenvalue weighted by molar-refractivity contribution is -0.133. The fourth-order valence-electron chi connectivity index (χ4n) is 4.30. The maximum atomic E-state index is 12.9. The van der Waals surface area contributed by atoms with Crippen LogP contribution in [-0.2, 0) is 14.8 Å². The van der Waals surface area contributed by atoms with Gasteiger partial charge in [0.1, 0.15) is 23.0 Å². The molecule has 0 bridgehead atoms. The maximum absolute atomic E-state index is 12.9. The van der Waals surface area contributed by atoms with Gasteiger partial charge in [0.2, 0.25) is 10.0 Å². The molecule has 12 heteroatoms. The number of nitrogens with two attached hydrogens (primary N) is 2. The number of carboxylic acids is 1. The van der Waals surface area contributed by atoms with Crippen molar-refractivity contribution in [3.8, 4) is 23.0 Å². The molecule has 2 atom stereocenters. The Balaban J connectivity index is 1.89. The van der Waals surface area contributed by atoms with Crippen LogP contribution in [0.1, 0.15) is 17.0 Å². The maximum Gasteiger partial charge on any atom is 0.332 e. The molecule has 0 fully saturated rings. The summed E-state index contributed by atoms with van der Waals surface area (Å²) in [5.74, 6) is -1.10. The minimum absolute atomic E-state index is 0.0929. The van der Waals surface area contributed by atoms with Crippen LogP contribution in [0.25, 0.3) is 6.08 Å². The number of benzene rings is 2. The Labute approximate surface area is 221 Å². The molecule has 11 nitrogen and oxygen atoms in total. The van der Waals surface area contributed by atoms with Crippen LogP contribution < -0.4 is 35.1 Å². The van der Waals surface area contributed by atoms with E-state index in [1.54, 1.807) is 36.4 Å². The Hall–Kier alpha value is -4.16. The van der Waals surface area contributed by atoms with Crippen LogP contribution >= 0.6 is 0 Å². The molecule has 0 aliphatic heterocycles. The molecular weight excluding hydrogens is 514 g/mol. The number of nitrogens with one attached hydrogen (secondary N) is 1.